The molecule has 0 aliphatic carbocycles. The van der Waals surface area contributed by atoms with Gasteiger partial charge in [0.1, 0.15) is 12.6 Å². The van der Waals surface area contributed by atoms with Crippen LogP contribution in [0.15, 0.2) is 77.7 Å². The molecule has 1 atom stereocenters. The maximum Gasteiger partial charge on any atom is 0.264 e. The quantitative estimate of drug-likeness (QED) is 0.267. The van der Waals surface area contributed by atoms with Gasteiger partial charge in [0.15, 0.2) is 0 Å². The Morgan fingerprint density at radius 3 is 2.02 bits per heavy atom. The maximum absolute atomic E-state index is 14.3. The Labute approximate surface area is 253 Å². The minimum Gasteiger partial charge on any atom is -0.350 e. The van der Waals surface area contributed by atoms with Crippen LogP contribution in [0.5, 0.6) is 0 Å². The molecule has 10 heteroatoms. The summed E-state index contributed by atoms with van der Waals surface area (Å²) in [5.74, 6) is -0.926. The van der Waals surface area contributed by atoms with Gasteiger partial charge in [0.2, 0.25) is 11.8 Å². The zero-order valence-corrected chi connectivity index (χ0v) is 26.4. The third-order valence-corrected chi connectivity index (χ3v) is 9.01. The summed E-state index contributed by atoms with van der Waals surface area (Å²) in [6.45, 7) is 8.66. The zero-order chi connectivity index (χ0) is 30.4. The van der Waals surface area contributed by atoms with Crippen LogP contribution in [0.4, 0.5) is 5.69 Å². The summed E-state index contributed by atoms with van der Waals surface area (Å²) in [7, 11) is -4.15. The van der Waals surface area contributed by atoms with Crippen LogP contribution in [0, 0.1) is 0 Å². The number of amides is 2. The van der Waals surface area contributed by atoms with E-state index in [1.165, 1.54) is 17.0 Å². The van der Waals surface area contributed by atoms with E-state index in [9.17, 15) is 18.0 Å². The highest BCUT2D eigenvalue weighted by molar-refractivity contribution is 7.92. The molecule has 0 aliphatic heterocycles. The Kier molecular flexibility index (Phi) is 10.9. The van der Waals surface area contributed by atoms with Crippen molar-refractivity contribution in [3.05, 3.63) is 94.0 Å². The Bertz CT molecular complexity index is 1450. The predicted octanol–water partition coefficient (Wildman–Crippen LogP) is 6.47. The summed E-state index contributed by atoms with van der Waals surface area (Å²) in [6, 6.07) is 19.2. The van der Waals surface area contributed by atoms with Gasteiger partial charge < -0.3 is 10.2 Å². The number of sulfonamides is 1. The number of hydrogen-bond donors (Lipinski definition) is 1. The van der Waals surface area contributed by atoms with E-state index in [2.05, 4.69) is 5.32 Å². The van der Waals surface area contributed by atoms with Crippen LogP contribution in [-0.2, 0) is 32.6 Å². The molecule has 220 valence electrons. The summed E-state index contributed by atoms with van der Waals surface area (Å²) in [4.78, 5) is 29.1. The summed E-state index contributed by atoms with van der Waals surface area (Å²) in [5, 5.41) is 3.63. The fourth-order valence-corrected chi connectivity index (χ4v) is 6.50. The Hall–Kier alpha value is -3.07. The first-order valence-electron chi connectivity index (χ1n) is 13.5. The van der Waals surface area contributed by atoms with E-state index < -0.39 is 34.1 Å². The van der Waals surface area contributed by atoms with Crippen LogP contribution in [0.1, 0.15) is 52.2 Å². The summed E-state index contributed by atoms with van der Waals surface area (Å²) in [6.07, 6.45) is 0.836. The zero-order valence-electron chi connectivity index (χ0n) is 24.0. The first kappa shape index (κ1) is 32.4. The topological polar surface area (TPSA) is 86.8 Å². The molecule has 1 N–H and O–H groups in total. The van der Waals surface area contributed by atoms with E-state index in [0.717, 1.165) is 9.87 Å². The largest absolute Gasteiger partial charge is 0.350 e. The number of nitrogens with one attached hydrogen (secondary N) is 1. The molecule has 0 saturated carbocycles. The molecule has 0 heterocycles. The van der Waals surface area contributed by atoms with Crippen LogP contribution >= 0.6 is 23.2 Å². The molecule has 0 spiro atoms. The smallest absolute Gasteiger partial charge is 0.264 e. The van der Waals surface area contributed by atoms with Gasteiger partial charge in [0.05, 0.1) is 10.6 Å². The molecule has 2 amide bonds. The van der Waals surface area contributed by atoms with Crippen molar-refractivity contribution in [2.75, 3.05) is 10.8 Å². The lowest BCUT2D eigenvalue weighted by Gasteiger charge is -2.35. The van der Waals surface area contributed by atoms with Crippen molar-refractivity contribution in [3.8, 4) is 0 Å². The van der Waals surface area contributed by atoms with Crippen molar-refractivity contribution in [3.63, 3.8) is 0 Å². The monoisotopic (exact) mass is 617 g/mol. The van der Waals surface area contributed by atoms with E-state index in [1.807, 2.05) is 39.8 Å². The first-order valence-corrected chi connectivity index (χ1v) is 15.7. The van der Waals surface area contributed by atoms with E-state index >= 15 is 0 Å². The molecule has 7 nitrogen and oxygen atoms in total. The fourth-order valence-electron chi connectivity index (χ4n) is 4.51. The highest BCUT2D eigenvalue weighted by atomic mass is 35.5. The second-order valence-electron chi connectivity index (χ2n) is 10.7. The minimum absolute atomic E-state index is 0.0527. The molecule has 3 rings (SSSR count). The van der Waals surface area contributed by atoms with Gasteiger partial charge in [-0.3, -0.25) is 13.9 Å². The van der Waals surface area contributed by atoms with Crippen molar-refractivity contribution in [2.24, 2.45) is 0 Å². The first-order chi connectivity index (χ1) is 19.3. The molecule has 0 fully saturated rings. The van der Waals surface area contributed by atoms with Gasteiger partial charge in [-0.05, 0) is 69.5 Å². The number of nitrogens with zero attached hydrogens (tertiary/aromatic N) is 2. The number of carbonyl (C=O) groups is 2. The average Bonchev–Trinajstić information content (AvgIpc) is 2.92. The fraction of sp³-hybridized carbons (Fsp3) is 0.355. The summed E-state index contributed by atoms with van der Waals surface area (Å²) >= 11 is 13.0. The van der Waals surface area contributed by atoms with E-state index in [4.69, 9.17) is 23.2 Å². The van der Waals surface area contributed by atoms with Gasteiger partial charge in [0, 0.05) is 27.7 Å². The number of anilines is 1. The van der Waals surface area contributed by atoms with E-state index in [-0.39, 0.29) is 23.8 Å². The lowest BCUT2D eigenvalue weighted by molar-refractivity contribution is -0.141. The SMILES string of the molecule is CCc1ccccc1N(CC(=O)N(Cc1c(Cl)cccc1Cl)C(CC)C(=O)NC(C)(C)C)S(=O)(=O)c1ccccc1. The van der Waals surface area contributed by atoms with Gasteiger partial charge in [-0.15, -0.1) is 0 Å². The number of hydrogen-bond acceptors (Lipinski definition) is 4. The van der Waals surface area contributed by atoms with Crippen molar-refractivity contribution in [1.29, 1.82) is 0 Å². The number of para-hydroxylation sites is 1. The van der Waals surface area contributed by atoms with Gasteiger partial charge in [-0.2, -0.15) is 0 Å². The molecule has 41 heavy (non-hydrogen) atoms. The van der Waals surface area contributed by atoms with Crippen molar-refractivity contribution >= 4 is 50.7 Å². The number of aryl methyl sites for hydroxylation is 1. The minimum atomic E-state index is -4.15. The summed E-state index contributed by atoms with van der Waals surface area (Å²) < 4.78 is 29.2. The molecule has 1 unspecified atom stereocenters. The molecule has 3 aromatic rings. The predicted molar refractivity (Wildman–Crippen MR) is 166 cm³/mol. The second kappa shape index (κ2) is 13.7. The highest BCUT2D eigenvalue weighted by Crippen LogP contribution is 2.30. The number of halogens is 2. The molecular weight excluding hydrogens is 581 g/mol. The number of benzene rings is 3. The third-order valence-electron chi connectivity index (χ3n) is 6.53. The maximum atomic E-state index is 14.3. The van der Waals surface area contributed by atoms with Crippen LogP contribution in [-0.4, -0.2) is 43.3 Å². The van der Waals surface area contributed by atoms with Crippen molar-refractivity contribution < 1.29 is 18.0 Å². The van der Waals surface area contributed by atoms with Crippen LogP contribution in [0.2, 0.25) is 10.0 Å². The molecule has 0 aliphatic rings. The average molecular weight is 619 g/mol. The summed E-state index contributed by atoms with van der Waals surface area (Å²) in [5.41, 5.74) is 1.08. The standard InChI is InChI=1S/C31H37Cl2N3O4S/c1-6-22-14-11-12-19-28(22)36(41(39,40)23-15-9-8-10-16-23)21-29(37)35(20-24-25(32)17-13-18-26(24)33)27(7-2)30(38)34-31(3,4)5/h8-19,27H,6-7,20-21H2,1-5H3,(H,34,38). The van der Waals surface area contributed by atoms with Gasteiger partial charge in [0.25, 0.3) is 10.0 Å². The van der Waals surface area contributed by atoms with Gasteiger partial charge in [-0.25, -0.2) is 8.42 Å². The molecule has 3 aromatic carbocycles. The van der Waals surface area contributed by atoms with E-state index in [0.29, 0.717) is 27.7 Å². The van der Waals surface area contributed by atoms with Gasteiger partial charge in [-0.1, -0.05) is 79.5 Å². The van der Waals surface area contributed by atoms with Gasteiger partial charge >= 0.3 is 0 Å². The molecule has 0 aromatic heterocycles. The van der Waals surface area contributed by atoms with Crippen LogP contribution in [0.25, 0.3) is 0 Å². The van der Waals surface area contributed by atoms with Crippen molar-refractivity contribution in [1.82, 2.24) is 10.2 Å². The normalized spacial score (nSPS) is 12.5. The van der Waals surface area contributed by atoms with Crippen molar-refractivity contribution in [2.45, 2.75) is 70.5 Å². The Morgan fingerprint density at radius 1 is 0.878 bits per heavy atom. The van der Waals surface area contributed by atoms with Crippen LogP contribution in [0.3, 0.4) is 0 Å². The molecule has 0 saturated heterocycles. The second-order valence-corrected chi connectivity index (χ2v) is 13.4. The van der Waals surface area contributed by atoms with Crippen LogP contribution < -0.4 is 9.62 Å². The number of rotatable bonds is 11. The Morgan fingerprint density at radius 2 is 1.46 bits per heavy atom. The Balaban J connectivity index is 2.14. The molecular formula is C31H37Cl2N3O4S. The molecule has 0 radical (unpaired) electrons. The molecule has 0 bridgehead atoms. The lowest BCUT2D eigenvalue weighted by Crippen LogP contribution is -2.55. The third kappa shape index (κ3) is 8.03. The lowest BCUT2D eigenvalue weighted by atomic mass is 10.1. The highest BCUT2D eigenvalue weighted by Gasteiger charge is 2.35. The van der Waals surface area contributed by atoms with E-state index in [1.54, 1.807) is 55.5 Å². The number of carbonyl (C=O) groups excluding carboxylic acids is 2.